The summed E-state index contributed by atoms with van der Waals surface area (Å²) >= 11 is 0. The van der Waals surface area contributed by atoms with Gasteiger partial charge in [0.15, 0.2) is 0 Å². The average Bonchev–Trinajstić information content (AvgIpc) is 2.90. The van der Waals surface area contributed by atoms with Gasteiger partial charge in [-0.1, -0.05) is 6.07 Å². The fourth-order valence-electron chi connectivity index (χ4n) is 2.73. The van der Waals surface area contributed by atoms with E-state index in [0.29, 0.717) is 5.56 Å². The first kappa shape index (κ1) is 12.7. The van der Waals surface area contributed by atoms with Gasteiger partial charge in [0.25, 0.3) is 5.69 Å². The minimum Gasteiger partial charge on any atom is -0.469 e. The fourth-order valence-corrected chi connectivity index (χ4v) is 2.73. The molecule has 0 aliphatic heterocycles. The van der Waals surface area contributed by atoms with E-state index in [1.54, 1.807) is 25.3 Å². The molecule has 0 spiro atoms. The van der Waals surface area contributed by atoms with Gasteiger partial charge in [-0.2, -0.15) is 0 Å². The molecule has 2 aromatic rings. The molecule has 1 aromatic heterocycles. The Labute approximate surface area is 116 Å². The fraction of sp³-hybridized carbons (Fsp3) is 0.333. The third kappa shape index (κ3) is 2.27. The highest BCUT2D eigenvalue weighted by molar-refractivity contribution is 5.56. The van der Waals surface area contributed by atoms with Crippen LogP contribution < -0.4 is 5.32 Å². The summed E-state index contributed by atoms with van der Waals surface area (Å²) in [5.41, 5.74) is 2.77. The van der Waals surface area contributed by atoms with Crippen LogP contribution in [0.2, 0.25) is 0 Å². The van der Waals surface area contributed by atoms with Crippen molar-refractivity contribution in [2.75, 3.05) is 5.32 Å². The van der Waals surface area contributed by atoms with Crippen LogP contribution in [0.3, 0.4) is 0 Å². The topological polar surface area (TPSA) is 68.3 Å². The number of benzene rings is 1. The molecule has 20 heavy (non-hydrogen) atoms. The van der Waals surface area contributed by atoms with Crippen molar-refractivity contribution < 1.29 is 9.34 Å². The van der Waals surface area contributed by atoms with Crippen LogP contribution in [0.25, 0.3) is 0 Å². The third-order valence-corrected chi connectivity index (χ3v) is 3.80. The van der Waals surface area contributed by atoms with Gasteiger partial charge in [0.1, 0.15) is 5.76 Å². The lowest BCUT2D eigenvalue weighted by Gasteiger charge is -2.23. The van der Waals surface area contributed by atoms with E-state index in [4.69, 9.17) is 4.42 Å². The van der Waals surface area contributed by atoms with Crippen LogP contribution in [-0.4, -0.2) is 4.92 Å². The van der Waals surface area contributed by atoms with E-state index in [1.807, 2.05) is 12.1 Å². The molecule has 1 aliphatic carbocycles. The number of fused-ring (bicyclic) bond motifs is 1. The van der Waals surface area contributed by atoms with Crippen LogP contribution in [0, 0.1) is 17.0 Å². The van der Waals surface area contributed by atoms with Crippen molar-refractivity contribution in [3.05, 3.63) is 57.5 Å². The third-order valence-electron chi connectivity index (χ3n) is 3.80. The van der Waals surface area contributed by atoms with Gasteiger partial charge in [-0.15, -0.1) is 0 Å². The first-order valence-corrected chi connectivity index (χ1v) is 6.73. The Bertz CT molecular complexity index is 648. The number of rotatable bonds is 3. The van der Waals surface area contributed by atoms with E-state index in [0.717, 1.165) is 30.7 Å². The lowest BCUT2D eigenvalue weighted by atomic mass is 9.93. The molecule has 0 fully saturated rings. The van der Waals surface area contributed by atoms with Crippen molar-refractivity contribution in [1.82, 2.24) is 0 Å². The largest absolute Gasteiger partial charge is 0.469 e. The van der Waals surface area contributed by atoms with E-state index in [1.165, 1.54) is 5.56 Å². The highest BCUT2D eigenvalue weighted by Gasteiger charge is 2.23. The Morgan fingerprint density at radius 3 is 3.05 bits per heavy atom. The summed E-state index contributed by atoms with van der Waals surface area (Å²) in [5, 5.41) is 14.4. The predicted octanol–water partition coefficient (Wildman–Crippen LogP) is 3.99. The average molecular weight is 272 g/mol. The smallest absolute Gasteiger partial charge is 0.274 e. The van der Waals surface area contributed by atoms with Gasteiger partial charge in [0.2, 0.25) is 0 Å². The van der Waals surface area contributed by atoms with Gasteiger partial charge in [0.05, 0.1) is 17.2 Å². The summed E-state index contributed by atoms with van der Waals surface area (Å²) in [4.78, 5) is 10.6. The molecular formula is C15H16N2O3. The standard InChI is InChI=1S/C15H16N2O3/c1-10-5-6-11(9-14(10)17(18)19)16-13-3-2-4-15-12(13)7-8-20-15/h5-9,13,16H,2-4H2,1H3. The molecule has 1 N–H and O–H groups in total. The minimum atomic E-state index is -0.343. The maximum Gasteiger partial charge on any atom is 0.274 e. The Kier molecular flexibility index (Phi) is 3.18. The maximum absolute atomic E-state index is 11.0. The summed E-state index contributed by atoms with van der Waals surface area (Å²) < 4.78 is 5.46. The highest BCUT2D eigenvalue weighted by Crippen LogP contribution is 2.34. The number of nitro groups is 1. The second-order valence-corrected chi connectivity index (χ2v) is 5.15. The molecular weight excluding hydrogens is 256 g/mol. The number of nitro benzene ring substituents is 1. The van der Waals surface area contributed by atoms with Gasteiger partial charge < -0.3 is 9.73 Å². The zero-order valence-corrected chi connectivity index (χ0v) is 11.3. The van der Waals surface area contributed by atoms with Gasteiger partial charge in [-0.25, -0.2) is 0 Å². The monoisotopic (exact) mass is 272 g/mol. The summed E-state index contributed by atoms with van der Waals surface area (Å²) in [7, 11) is 0. The SMILES string of the molecule is Cc1ccc(NC2CCCc3occc32)cc1[N+](=O)[O-]. The Morgan fingerprint density at radius 1 is 1.40 bits per heavy atom. The number of hydrogen-bond donors (Lipinski definition) is 1. The number of nitrogens with zero attached hydrogens (tertiary/aromatic N) is 1. The van der Waals surface area contributed by atoms with Crippen molar-refractivity contribution in [1.29, 1.82) is 0 Å². The first-order chi connectivity index (χ1) is 9.65. The summed E-state index contributed by atoms with van der Waals surface area (Å²) in [6.07, 6.45) is 4.75. The normalized spacial score (nSPS) is 17.6. The first-order valence-electron chi connectivity index (χ1n) is 6.73. The molecule has 1 aliphatic rings. The minimum absolute atomic E-state index is 0.151. The van der Waals surface area contributed by atoms with Crippen LogP contribution >= 0.6 is 0 Å². The zero-order chi connectivity index (χ0) is 14.1. The zero-order valence-electron chi connectivity index (χ0n) is 11.3. The van der Waals surface area contributed by atoms with Gasteiger partial charge in [-0.05, 0) is 31.9 Å². The van der Waals surface area contributed by atoms with E-state index in [-0.39, 0.29) is 16.7 Å². The molecule has 0 saturated carbocycles. The second-order valence-electron chi connectivity index (χ2n) is 5.15. The molecule has 5 heteroatoms. The number of furan rings is 1. The van der Waals surface area contributed by atoms with Gasteiger partial charge >= 0.3 is 0 Å². The molecule has 104 valence electrons. The molecule has 5 nitrogen and oxygen atoms in total. The predicted molar refractivity (Wildman–Crippen MR) is 75.8 cm³/mol. The summed E-state index contributed by atoms with van der Waals surface area (Å²) in [6, 6.07) is 7.41. The molecule has 1 atom stereocenters. The molecule has 3 rings (SSSR count). The summed E-state index contributed by atoms with van der Waals surface area (Å²) in [5.74, 6) is 1.02. The summed E-state index contributed by atoms with van der Waals surface area (Å²) in [6.45, 7) is 1.75. The van der Waals surface area contributed by atoms with Crippen LogP contribution in [0.5, 0.6) is 0 Å². The van der Waals surface area contributed by atoms with Crippen molar-refractivity contribution in [2.45, 2.75) is 32.2 Å². The van der Waals surface area contributed by atoms with Crippen LogP contribution in [0.15, 0.2) is 34.9 Å². The van der Waals surface area contributed by atoms with Crippen molar-refractivity contribution in [3.63, 3.8) is 0 Å². The molecule has 0 radical (unpaired) electrons. The quantitative estimate of drug-likeness (QED) is 0.677. The molecule has 1 aromatic carbocycles. The van der Waals surface area contributed by atoms with Crippen molar-refractivity contribution >= 4 is 11.4 Å². The Morgan fingerprint density at radius 2 is 2.25 bits per heavy atom. The number of anilines is 1. The van der Waals surface area contributed by atoms with Gasteiger partial charge in [0, 0.05) is 29.3 Å². The number of hydrogen-bond acceptors (Lipinski definition) is 4. The number of nitrogens with one attached hydrogen (secondary N) is 1. The lowest BCUT2D eigenvalue weighted by molar-refractivity contribution is -0.385. The molecule has 0 saturated heterocycles. The van der Waals surface area contributed by atoms with E-state index >= 15 is 0 Å². The highest BCUT2D eigenvalue weighted by atomic mass is 16.6. The van der Waals surface area contributed by atoms with Crippen LogP contribution in [0.4, 0.5) is 11.4 Å². The van der Waals surface area contributed by atoms with E-state index in [2.05, 4.69) is 5.32 Å². The van der Waals surface area contributed by atoms with E-state index in [9.17, 15) is 10.1 Å². The molecule has 1 heterocycles. The van der Waals surface area contributed by atoms with Crippen molar-refractivity contribution in [2.24, 2.45) is 0 Å². The Balaban J connectivity index is 1.86. The number of aryl methyl sites for hydroxylation is 2. The second kappa shape index (κ2) is 5.00. The van der Waals surface area contributed by atoms with Gasteiger partial charge in [-0.3, -0.25) is 10.1 Å². The molecule has 0 bridgehead atoms. The molecule has 1 unspecified atom stereocenters. The van der Waals surface area contributed by atoms with Crippen LogP contribution in [0.1, 0.15) is 35.8 Å². The van der Waals surface area contributed by atoms with Crippen LogP contribution in [-0.2, 0) is 6.42 Å². The molecule has 0 amide bonds. The van der Waals surface area contributed by atoms with Crippen molar-refractivity contribution in [3.8, 4) is 0 Å². The van der Waals surface area contributed by atoms with E-state index < -0.39 is 0 Å². The lowest BCUT2D eigenvalue weighted by Crippen LogP contribution is -2.16. The Hall–Kier alpha value is -2.30. The maximum atomic E-state index is 11.0.